The van der Waals surface area contributed by atoms with Gasteiger partial charge in [0.1, 0.15) is 0 Å². The predicted molar refractivity (Wildman–Crippen MR) is 142 cm³/mol. The number of amides is 1. The molecule has 0 bridgehead atoms. The van der Waals surface area contributed by atoms with Crippen LogP contribution in [0.2, 0.25) is 0 Å². The number of nitrogens with one attached hydrogen (secondary N) is 1. The lowest BCUT2D eigenvalue weighted by atomic mass is 10.1. The number of benzene rings is 1. The van der Waals surface area contributed by atoms with Crippen molar-refractivity contribution < 1.29 is 4.79 Å². The molecule has 0 fully saturated rings. The van der Waals surface area contributed by atoms with Gasteiger partial charge in [-0.1, -0.05) is 98.0 Å². The standard InChI is InChI=1S/C30H41NO/c1-4-5-6-7-8-9-10-11-12-13-14-15-16-17-18-19-20-21-22-26-29(32)31-30-27(2)24-23-25-28(30)3/h5-6,8-9,11-12,14-15,17-18,20-21,23-25H,4,7,10,13,16,19,22,26H2,1-3H3,(H,31,32)/b6-5-,9-8-,12-11-,15-14-,18-17-,21-20-. The van der Waals surface area contributed by atoms with Gasteiger partial charge in [-0.05, 0) is 69.9 Å². The molecule has 1 amide bonds. The smallest absolute Gasteiger partial charge is 0.224 e. The SMILES string of the molecule is CC/C=C\C/C=C\C/C=C\C/C=C\C/C=C\C/C=C\CCC(=O)Nc1c(C)cccc1C. The van der Waals surface area contributed by atoms with Crippen LogP contribution in [-0.2, 0) is 4.79 Å². The molecule has 172 valence electrons. The molecular formula is C30H41NO. The summed E-state index contributed by atoms with van der Waals surface area (Å²) in [7, 11) is 0. The fourth-order valence-corrected chi connectivity index (χ4v) is 3.07. The van der Waals surface area contributed by atoms with Gasteiger partial charge in [0.25, 0.3) is 0 Å². The van der Waals surface area contributed by atoms with Crippen LogP contribution in [0.4, 0.5) is 5.69 Å². The lowest BCUT2D eigenvalue weighted by Crippen LogP contribution is -2.12. The molecule has 0 aliphatic rings. The Hall–Kier alpha value is -2.87. The van der Waals surface area contributed by atoms with Gasteiger partial charge in [0.15, 0.2) is 0 Å². The number of hydrogen-bond donors (Lipinski definition) is 1. The van der Waals surface area contributed by atoms with Crippen molar-refractivity contribution in [2.45, 2.75) is 72.1 Å². The zero-order chi connectivity index (χ0) is 23.3. The molecule has 1 aromatic rings. The van der Waals surface area contributed by atoms with Crippen LogP contribution in [0.5, 0.6) is 0 Å². The van der Waals surface area contributed by atoms with E-state index in [9.17, 15) is 4.79 Å². The maximum absolute atomic E-state index is 12.1. The van der Waals surface area contributed by atoms with Gasteiger partial charge in [0, 0.05) is 12.1 Å². The molecule has 2 heteroatoms. The molecule has 0 saturated heterocycles. The predicted octanol–water partition coefficient (Wildman–Crippen LogP) is 8.72. The van der Waals surface area contributed by atoms with Crippen LogP contribution in [0.3, 0.4) is 0 Å². The molecule has 1 aromatic carbocycles. The quantitative estimate of drug-likeness (QED) is 0.276. The normalized spacial score (nSPS) is 12.6. The van der Waals surface area contributed by atoms with Crippen LogP contribution in [0.1, 0.15) is 69.4 Å². The fourth-order valence-electron chi connectivity index (χ4n) is 3.07. The van der Waals surface area contributed by atoms with Gasteiger partial charge in [-0.3, -0.25) is 4.79 Å². The van der Waals surface area contributed by atoms with Crippen molar-refractivity contribution in [1.29, 1.82) is 0 Å². The molecule has 32 heavy (non-hydrogen) atoms. The van der Waals surface area contributed by atoms with E-state index in [1.54, 1.807) is 0 Å². The highest BCUT2D eigenvalue weighted by Gasteiger charge is 2.05. The van der Waals surface area contributed by atoms with E-state index in [0.29, 0.717) is 6.42 Å². The molecular weight excluding hydrogens is 390 g/mol. The van der Waals surface area contributed by atoms with Gasteiger partial charge in [-0.2, -0.15) is 0 Å². The van der Waals surface area contributed by atoms with E-state index in [0.717, 1.165) is 61.8 Å². The van der Waals surface area contributed by atoms with Gasteiger partial charge in [-0.15, -0.1) is 0 Å². The van der Waals surface area contributed by atoms with Crippen molar-refractivity contribution in [3.05, 3.63) is 102 Å². The van der Waals surface area contributed by atoms with Gasteiger partial charge < -0.3 is 5.32 Å². The fraction of sp³-hybridized carbons (Fsp3) is 0.367. The van der Waals surface area contributed by atoms with Crippen molar-refractivity contribution in [3.63, 3.8) is 0 Å². The molecule has 0 aliphatic carbocycles. The Bertz CT molecular complexity index is 801. The van der Waals surface area contributed by atoms with E-state index in [1.807, 2.05) is 32.0 Å². The molecule has 1 rings (SSSR count). The summed E-state index contributed by atoms with van der Waals surface area (Å²) >= 11 is 0. The Morgan fingerprint density at radius 3 is 1.53 bits per heavy atom. The molecule has 1 N–H and O–H groups in total. The van der Waals surface area contributed by atoms with Crippen LogP contribution >= 0.6 is 0 Å². The van der Waals surface area contributed by atoms with E-state index < -0.39 is 0 Å². The molecule has 0 unspecified atom stereocenters. The van der Waals surface area contributed by atoms with Crippen LogP contribution in [0, 0.1) is 13.8 Å². The summed E-state index contributed by atoms with van der Waals surface area (Å²) in [5.74, 6) is 0.0712. The third kappa shape index (κ3) is 14.2. The number of carbonyl (C=O) groups excluding carboxylic acids is 1. The summed E-state index contributed by atoms with van der Waals surface area (Å²) < 4.78 is 0. The Morgan fingerprint density at radius 1 is 0.688 bits per heavy atom. The average Bonchev–Trinajstić information content (AvgIpc) is 2.78. The third-order valence-electron chi connectivity index (χ3n) is 4.88. The number of allylic oxidation sites excluding steroid dienone is 12. The molecule has 0 saturated carbocycles. The second-order valence-electron chi connectivity index (χ2n) is 7.77. The summed E-state index contributed by atoms with van der Waals surface area (Å²) in [5, 5.41) is 3.03. The third-order valence-corrected chi connectivity index (χ3v) is 4.88. The van der Waals surface area contributed by atoms with Crippen LogP contribution in [0.15, 0.2) is 91.1 Å². The zero-order valence-electron chi connectivity index (χ0n) is 20.2. The van der Waals surface area contributed by atoms with Gasteiger partial charge in [-0.25, -0.2) is 0 Å². The summed E-state index contributed by atoms with van der Waals surface area (Å²) in [5.41, 5.74) is 3.15. The first-order valence-electron chi connectivity index (χ1n) is 11.9. The van der Waals surface area contributed by atoms with Crippen molar-refractivity contribution in [2.75, 3.05) is 5.32 Å². The summed E-state index contributed by atoms with van der Waals surface area (Å²) in [6.07, 6.45) is 33.5. The molecule has 0 radical (unpaired) electrons. The highest BCUT2D eigenvalue weighted by atomic mass is 16.1. The van der Waals surface area contributed by atoms with Crippen LogP contribution in [-0.4, -0.2) is 5.91 Å². The monoisotopic (exact) mass is 431 g/mol. The zero-order valence-corrected chi connectivity index (χ0v) is 20.2. The minimum Gasteiger partial charge on any atom is -0.326 e. The first kappa shape index (κ1) is 27.2. The van der Waals surface area contributed by atoms with E-state index in [2.05, 4.69) is 85.2 Å². The highest BCUT2D eigenvalue weighted by Crippen LogP contribution is 2.19. The molecule has 0 spiro atoms. The minimum absolute atomic E-state index is 0.0712. The van der Waals surface area contributed by atoms with Crippen molar-refractivity contribution in [2.24, 2.45) is 0 Å². The van der Waals surface area contributed by atoms with E-state index in [4.69, 9.17) is 0 Å². The number of aryl methyl sites for hydroxylation is 2. The molecule has 0 aromatic heterocycles. The Kier molecular flexibility index (Phi) is 16.0. The lowest BCUT2D eigenvalue weighted by molar-refractivity contribution is -0.116. The lowest BCUT2D eigenvalue weighted by Gasteiger charge is -2.10. The van der Waals surface area contributed by atoms with Gasteiger partial charge in [0.05, 0.1) is 0 Å². The molecule has 2 nitrogen and oxygen atoms in total. The highest BCUT2D eigenvalue weighted by molar-refractivity contribution is 5.92. The molecule has 0 atom stereocenters. The maximum Gasteiger partial charge on any atom is 0.224 e. The first-order valence-corrected chi connectivity index (χ1v) is 11.9. The van der Waals surface area contributed by atoms with Crippen molar-refractivity contribution in [3.8, 4) is 0 Å². The van der Waals surface area contributed by atoms with E-state index in [1.165, 1.54) is 0 Å². The maximum atomic E-state index is 12.1. The summed E-state index contributed by atoms with van der Waals surface area (Å²) in [4.78, 5) is 12.1. The number of carbonyl (C=O) groups is 1. The number of para-hydroxylation sites is 1. The Labute approximate surface area is 196 Å². The van der Waals surface area contributed by atoms with E-state index >= 15 is 0 Å². The molecule has 0 aliphatic heterocycles. The van der Waals surface area contributed by atoms with Crippen LogP contribution < -0.4 is 5.32 Å². The summed E-state index contributed by atoms with van der Waals surface area (Å²) in [6.45, 7) is 6.20. The average molecular weight is 432 g/mol. The second kappa shape index (κ2) is 18.9. The van der Waals surface area contributed by atoms with Crippen molar-refractivity contribution in [1.82, 2.24) is 0 Å². The van der Waals surface area contributed by atoms with Gasteiger partial charge in [0.2, 0.25) is 5.91 Å². The number of hydrogen-bond acceptors (Lipinski definition) is 1. The second-order valence-corrected chi connectivity index (χ2v) is 7.77. The minimum atomic E-state index is 0.0712. The number of rotatable bonds is 15. The largest absolute Gasteiger partial charge is 0.326 e. The van der Waals surface area contributed by atoms with Gasteiger partial charge >= 0.3 is 0 Å². The van der Waals surface area contributed by atoms with Crippen molar-refractivity contribution >= 4 is 11.6 Å². The summed E-state index contributed by atoms with van der Waals surface area (Å²) in [6, 6.07) is 6.05. The Balaban J connectivity index is 2.06. The Morgan fingerprint density at radius 2 is 1.09 bits per heavy atom. The molecule has 0 heterocycles. The first-order chi connectivity index (χ1) is 15.6. The van der Waals surface area contributed by atoms with E-state index in [-0.39, 0.29) is 5.91 Å². The van der Waals surface area contributed by atoms with Crippen LogP contribution in [0.25, 0.3) is 0 Å². The topological polar surface area (TPSA) is 29.1 Å². The number of anilines is 1.